The summed E-state index contributed by atoms with van der Waals surface area (Å²) in [7, 11) is -0.969. The third-order valence-electron chi connectivity index (χ3n) is 17.9. The number of hydrogen-bond donors (Lipinski definition) is 0. The number of hydrogen-bond acceptors (Lipinski definition) is 2. The molecule has 1 aliphatic carbocycles. The lowest BCUT2D eigenvalue weighted by Crippen LogP contribution is -2.28. The molecular formula is C82H74N2OS. The molecule has 1 atom stereocenters. The van der Waals surface area contributed by atoms with Gasteiger partial charge < -0.3 is 14.2 Å². The first-order valence-corrected chi connectivity index (χ1v) is 33.0. The fourth-order valence-corrected chi connectivity index (χ4v) is 14.8. The highest BCUT2D eigenvalue weighted by atomic mass is 32.3. The van der Waals surface area contributed by atoms with Crippen molar-refractivity contribution in [3.8, 4) is 55.9 Å². The van der Waals surface area contributed by atoms with Crippen molar-refractivity contribution in [2.45, 2.75) is 44.4 Å². The Morgan fingerprint density at radius 2 is 0.942 bits per heavy atom. The quantitative estimate of drug-likeness (QED) is 0.0852. The normalized spacial score (nSPS) is 14.0. The van der Waals surface area contributed by atoms with Crippen LogP contribution in [0.15, 0.2) is 274 Å². The smallest absolute Gasteiger partial charge is 0.119 e. The van der Waals surface area contributed by atoms with E-state index >= 15 is 0 Å². The van der Waals surface area contributed by atoms with Gasteiger partial charge in [-0.25, -0.2) is 10.0 Å². The molecule has 1 heterocycles. The van der Waals surface area contributed by atoms with Gasteiger partial charge in [-0.3, -0.25) is 0 Å². The average Bonchev–Trinajstić information content (AvgIpc) is 1.67. The Kier molecular flexibility index (Phi) is 15.1. The molecule has 0 aliphatic heterocycles. The van der Waals surface area contributed by atoms with Gasteiger partial charge in [0.25, 0.3) is 0 Å². The Hall–Kier alpha value is -9.35. The molecule has 11 aromatic carbocycles. The lowest BCUT2D eigenvalue weighted by molar-refractivity contribution is 0.343. The summed E-state index contributed by atoms with van der Waals surface area (Å²) in [6, 6.07) is 96.8. The first-order valence-electron chi connectivity index (χ1n) is 30.2. The summed E-state index contributed by atoms with van der Waals surface area (Å²) < 4.78 is 8.73. The molecular weight excluding hydrogens is 1060 g/mol. The molecule has 0 fully saturated rings. The number of anilines is 3. The zero-order valence-electron chi connectivity index (χ0n) is 50.1. The first-order chi connectivity index (χ1) is 41.9. The second-order valence-corrected chi connectivity index (χ2v) is 29.0. The third-order valence-corrected chi connectivity index (χ3v) is 20.5. The van der Waals surface area contributed by atoms with Crippen LogP contribution >= 0.6 is 10.0 Å². The zero-order chi connectivity index (χ0) is 59.0. The lowest BCUT2D eigenvalue weighted by Gasteiger charge is -2.37. The molecule has 12 aromatic rings. The fourth-order valence-electron chi connectivity index (χ4n) is 13.1. The summed E-state index contributed by atoms with van der Waals surface area (Å²) in [5.41, 5.74) is 23.9. The van der Waals surface area contributed by atoms with Crippen LogP contribution in [-0.2, 0) is 10.8 Å². The van der Waals surface area contributed by atoms with E-state index in [-0.39, 0.29) is 10.8 Å². The Morgan fingerprint density at radius 3 is 1.51 bits per heavy atom. The second-order valence-electron chi connectivity index (χ2n) is 24.7. The number of nitrogens with zero attached hydrogens (tertiary/aromatic N) is 2. The minimum absolute atomic E-state index is 0.0827. The maximum Gasteiger partial charge on any atom is 0.119 e. The van der Waals surface area contributed by atoms with Gasteiger partial charge in [-0.1, -0.05) is 222 Å². The molecule has 424 valence electrons. The molecule has 3 nitrogen and oxygen atoms in total. The Morgan fingerprint density at radius 1 is 0.465 bits per heavy atom. The Labute approximate surface area is 510 Å². The minimum atomic E-state index is -0.969. The van der Waals surface area contributed by atoms with Crippen LogP contribution in [0.5, 0.6) is 5.75 Å². The van der Waals surface area contributed by atoms with E-state index in [4.69, 9.17) is 4.74 Å². The van der Waals surface area contributed by atoms with Gasteiger partial charge >= 0.3 is 0 Å². The van der Waals surface area contributed by atoms with Crippen LogP contribution < -0.4 is 9.64 Å². The van der Waals surface area contributed by atoms with Gasteiger partial charge in [0.05, 0.1) is 17.6 Å². The van der Waals surface area contributed by atoms with Crippen LogP contribution in [0, 0.1) is 0 Å². The number of rotatable bonds is 18. The molecule has 1 unspecified atom stereocenters. The molecule has 0 spiro atoms. The third kappa shape index (κ3) is 10.8. The summed E-state index contributed by atoms with van der Waals surface area (Å²) >= 11 is 0. The van der Waals surface area contributed by atoms with E-state index in [9.17, 15) is 0 Å². The predicted octanol–water partition coefficient (Wildman–Crippen LogP) is 22.1. The average molecular weight is 1140 g/mol. The van der Waals surface area contributed by atoms with Crippen molar-refractivity contribution in [1.82, 2.24) is 4.57 Å². The van der Waals surface area contributed by atoms with Gasteiger partial charge in [0.2, 0.25) is 0 Å². The van der Waals surface area contributed by atoms with Gasteiger partial charge in [-0.15, -0.1) is 0 Å². The van der Waals surface area contributed by atoms with Gasteiger partial charge in [0, 0.05) is 44.7 Å². The fraction of sp³-hybridized carbons (Fsp3) is 0.146. The molecule has 1 aromatic heterocycles. The van der Waals surface area contributed by atoms with Crippen LogP contribution in [0.25, 0.3) is 84.2 Å². The van der Waals surface area contributed by atoms with E-state index in [1.54, 1.807) is 0 Å². The highest BCUT2D eigenvalue weighted by Crippen LogP contribution is 2.57. The lowest BCUT2D eigenvalue weighted by atomic mass is 9.69. The van der Waals surface area contributed by atoms with Crippen LogP contribution in [-0.4, -0.2) is 35.2 Å². The van der Waals surface area contributed by atoms with Crippen molar-refractivity contribution in [2.75, 3.05) is 35.5 Å². The molecule has 0 bridgehead atoms. The maximum atomic E-state index is 6.33. The largest absolute Gasteiger partial charge is 0.493 e. The van der Waals surface area contributed by atoms with E-state index in [0.29, 0.717) is 6.61 Å². The van der Waals surface area contributed by atoms with E-state index in [1.807, 2.05) is 12.2 Å². The maximum absolute atomic E-state index is 6.33. The van der Waals surface area contributed by atoms with Crippen molar-refractivity contribution < 1.29 is 4.74 Å². The highest BCUT2D eigenvalue weighted by molar-refractivity contribution is 8.32. The summed E-state index contributed by atoms with van der Waals surface area (Å²) in [6.45, 7) is 15.4. The number of benzene rings is 11. The molecule has 0 saturated heterocycles. The van der Waals surface area contributed by atoms with Crippen LogP contribution in [0.3, 0.4) is 0 Å². The SMILES string of the molecule is C=Cc1ccc(OCCS(C)(C)CCCC2(c3ccccc3)c3ccccc3-c3ccc(N(c4ccc(-c5ccc(C(C)(C)C)cc5)cc4)c4ccc(-c5ccc6c(c5)c5cc(-c7ccc(C=C)cc7)ccc5n6-c5ccccc5)cc4)cc32)cc1. The summed E-state index contributed by atoms with van der Waals surface area (Å²) in [4.78, 5) is 2.47. The second kappa shape index (κ2) is 23.3. The topological polar surface area (TPSA) is 17.4 Å². The predicted molar refractivity (Wildman–Crippen MR) is 373 cm³/mol. The van der Waals surface area contributed by atoms with Crippen LogP contribution in [0.1, 0.15) is 67.0 Å². The molecule has 13 rings (SSSR count). The summed E-state index contributed by atoms with van der Waals surface area (Å²) in [5, 5.41) is 2.44. The van der Waals surface area contributed by atoms with Crippen molar-refractivity contribution in [2.24, 2.45) is 0 Å². The van der Waals surface area contributed by atoms with Crippen LogP contribution in [0.2, 0.25) is 0 Å². The van der Waals surface area contributed by atoms with Gasteiger partial charge in [-0.05, 0) is 199 Å². The number of fused-ring (bicyclic) bond motifs is 6. The number of para-hydroxylation sites is 1. The molecule has 1 aliphatic rings. The van der Waals surface area contributed by atoms with E-state index in [2.05, 4.69) is 317 Å². The van der Waals surface area contributed by atoms with Gasteiger partial charge in [0.1, 0.15) is 5.75 Å². The van der Waals surface area contributed by atoms with Crippen molar-refractivity contribution in [3.63, 3.8) is 0 Å². The highest BCUT2D eigenvalue weighted by Gasteiger charge is 2.44. The number of aromatic nitrogens is 1. The Bertz CT molecular complexity index is 4400. The zero-order valence-corrected chi connectivity index (χ0v) is 51.0. The van der Waals surface area contributed by atoms with Gasteiger partial charge in [-0.2, -0.15) is 0 Å². The molecule has 4 heteroatoms. The first kappa shape index (κ1) is 55.8. The van der Waals surface area contributed by atoms with E-state index < -0.39 is 10.0 Å². The summed E-state index contributed by atoms with van der Waals surface area (Å²) in [6.07, 6.45) is 10.8. The summed E-state index contributed by atoms with van der Waals surface area (Å²) in [5.74, 6) is 3.11. The Balaban J connectivity index is 0.889. The van der Waals surface area contributed by atoms with Crippen molar-refractivity contribution in [3.05, 3.63) is 307 Å². The molecule has 86 heavy (non-hydrogen) atoms. The number of ether oxygens (including phenoxy) is 1. The molecule has 0 radical (unpaired) electrons. The van der Waals surface area contributed by atoms with Crippen molar-refractivity contribution >= 4 is 61.0 Å². The van der Waals surface area contributed by atoms with E-state index in [0.717, 1.165) is 69.5 Å². The van der Waals surface area contributed by atoms with Crippen LogP contribution in [0.4, 0.5) is 17.1 Å². The standard InChI is InChI=1S/C82H74N2OS/c1-8-58-25-29-62(30-26-58)64-37-49-79-75(55-64)76-56-65(38-50-80(76)84(79)68-21-14-11-15-22-68)63-35-43-70(44-36-63)83(69-41-33-61(34-42-69)60-31-39-66(40-32-60)81(3,4)5)71-45-48-74-73-23-16-17-24-77(73)82(78(74)57-71,67-19-12-10-13-20-67)51-18-53-86(6,7)54-52-85-72-46-27-59(9-2)28-47-72/h8-17,19-50,55-57H,1-2,18,51-54H2,3-7H3. The van der Waals surface area contributed by atoms with E-state index in [1.165, 1.54) is 83.0 Å². The molecule has 0 amide bonds. The minimum Gasteiger partial charge on any atom is -0.493 e. The monoisotopic (exact) mass is 1130 g/mol. The van der Waals surface area contributed by atoms with Crippen molar-refractivity contribution in [1.29, 1.82) is 0 Å². The molecule has 0 saturated carbocycles. The van der Waals surface area contributed by atoms with Gasteiger partial charge in [0.15, 0.2) is 0 Å². The molecule has 0 N–H and O–H groups in total.